The van der Waals surface area contributed by atoms with Crippen molar-refractivity contribution in [1.82, 2.24) is 14.9 Å². The Labute approximate surface area is 338 Å². The number of carbonyl (C=O) groups is 1. The molecule has 12 heteroatoms. The van der Waals surface area contributed by atoms with Gasteiger partial charge in [-0.15, -0.1) is 0 Å². The SMILES string of the molecule is COc1ccc(COc2cc(N3CCOCC3)cc(-c3cccc4c3Sc3ccc(NC(CCN(C)C(=O)OC(C)(C)C)c5ccc(C)cn5)cc3S4)n2)cc1. The lowest BCUT2D eigenvalue weighted by molar-refractivity contribution is 0.0295. The van der Waals surface area contributed by atoms with E-state index in [0.29, 0.717) is 38.7 Å². The van der Waals surface area contributed by atoms with Gasteiger partial charge in [0, 0.05) is 75.5 Å². The molecule has 7 rings (SSSR count). The van der Waals surface area contributed by atoms with Crippen LogP contribution >= 0.6 is 23.5 Å². The highest BCUT2D eigenvalue weighted by Crippen LogP contribution is 2.52. The van der Waals surface area contributed by atoms with E-state index in [2.05, 4.69) is 64.8 Å². The van der Waals surface area contributed by atoms with Crippen LogP contribution in [0.25, 0.3) is 11.3 Å². The van der Waals surface area contributed by atoms with Gasteiger partial charge < -0.3 is 34.1 Å². The van der Waals surface area contributed by atoms with Crippen LogP contribution in [-0.4, -0.2) is 73.6 Å². The van der Waals surface area contributed by atoms with E-state index in [-0.39, 0.29) is 12.1 Å². The number of nitrogens with zero attached hydrogens (tertiary/aromatic N) is 4. The number of ether oxygens (including phenoxy) is 4. The van der Waals surface area contributed by atoms with Gasteiger partial charge in [-0.1, -0.05) is 53.9 Å². The van der Waals surface area contributed by atoms with Crippen molar-refractivity contribution in [3.8, 4) is 22.9 Å². The van der Waals surface area contributed by atoms with Crippen LogP contribution in [0.3, 0.4) is 0 Å². The number of fused-ring (bicyclic) bond motifs is 2. The number of nitrogens with one attached hydrogen (secondary N) is 1. The van der Waals surface area contributed by atoms with E-state index in [9.17, 15) is 4.79 Å². The van der Waals surface area contributed by atoms with Crippen LogP contribution in [0.1, 0.15) is 50.1 Å². The lowest BCUT2D eigenvalue weighted by Crippen LogP contribution is -2.36. The van der Waals surface area contributed by atoms with E-state index >= 15 is 0 Å². The number of hydrogen-bond acceptors (Lipinski definition) is 11. The molecule has 0 aliphatic carbocycles. The maximum atomic E-state index is 12.7. The zero-order valence-electron chi connectivity index (χ0n) is 32.8. The number of pyridine rings is 2. The minimum absolute atomic E-state index is 0.121. The van der Waals surface area contributed by atoms with E-state index in [1.807, 2.05) is 64.2 Å². The Morgan fingerprint density at radius 2 is 1.77 bits per heavy atom. The first-order valence-electron chi connectivity index (χ1n) is 18.9. The zero-order chi connectivity index (χ0) is 39.2. The molecule has 56 heavy (non-hydrogen) atoms. The maximum Gasteiger partial charge on any atom is 0.410 e. The molecule has 2 aliphatic heterocycles. The summed E-state index contributed by atoms with van der Waals surface area (Å²) in [5, 5.41) is 3.73. The van der Waals surface area contributed by atoms with Crippen LogP contribution in [0.4, 0.5) is 16.2 Å². The predicted octanol–water partition coefficient (Wildman–Crippen LogP) is 9.90. The molecule has 5 aromatic rings. The Balaban J connectivity index is 1.12. The summed E-state index contributed by atoms with van der Waals surface area (Å²) in [5.41, 5.74) is 6.49. The largest absolute Gasteiger partial charge is 0.497 e. The van der Waals surface area contributed by atoms with Gasteiger partial charge in [0.1, 0.15) is 18.0 Å². The molecular formula is C44H49N5O5S2. The second-order valence-electron chi connectivity index (χ2n) is 14.9. The number of methoxy groups -OCH3 is 1. The Morgan fingerprint density at radius 3 is 2.50 bits per heavy atom. The Morgan fingerprint density at radius 1 is 0.964 bits per heavy atom. The number of aryl methyl sites for hydroxylation is 1. The number of benzene rings is 3. The van der Waals surface area contributed by atoms with Crippen LogP contribution in [-0.2, 0) is 16.1 Å². The molecule has 1 unspecified atom stereocenters. The topological polar surface area (TPSA) is 98.3 Å². The third-order valence-electron chi connectivity index (χ3n) is 9.43. The quantitative estimate of drug-likeness (QED) is 0.128. The summed E-state index contributed by atoms with van der Waals surface area (Å²) >= 11 is 3.53. The molecule has 0 spiro atoms. The number of anilines is 2. The van der Waals surface area contributed by atoms with Crippen molar-refractivity contribution in [2.45, 2.75) is 71.9 Å². The normalized spacial score (nSPS) is 14.3. The van der Waals surface area contributed by atoms with Crippen molar-refractivity contribution in [2.75, 3.05) is 57.2 Å². The predicted molar refractivity (Wildman–Crippen MR) is 224 cm³/mol. The second kappa shape index (κ2) is 17.5. The molecule has 1 atom stereocenters. The number of morpholine rings is 1. The molecule has 0 saturated carbocycles. The van der Waals surface area contributed by atoms with Crippen molar-refractivity contribution in [3.05, 3.63) is 108 Å². The number of aromatic nitrogens is 2. The smallest absolute Gasteiger partial charge is 0.410 e. The monoisotopic (exact) mass is 791 g/mol. The third-order valence-corrected chi connectivity index (χ3v) is 12.0. The number of amides is 1. The Bertz CT molecular complexity index is 2140. The number of rotatable bonds is 12. The molecule has 1 fully saturated rings. The fourth-order valence-electron chi connectivity index (χ4n) is 6.41. The van der Waals surface area contributed by atoms with Crippen LogP contribution < -0.4 is 19.7 Å². The minimum Gasteiger partial charge on any atom is -0.497 e. The van der Waals surface area contributed by atoms with Gasteiger partial charge in [-0.05, 0) is 93.8 Å². The summed E-state index contributed by atoms with van der Waals surface area (Å²) in [6.07, 6.45) is 2.20. The average Bonchev–Trinajstić information content (AvgIpc) is 3.20. The van der Waals surface area contributed by atoms with Crippen LogP contribution in [0.2, 0.25) is 0 Å². The van der Waals surface area contributed by atoms with Crippen molar-refractivity contribution < 1.29 is 23.7 Å². The molecule has 10 nitrogen and oxygen atoms in total. The number of hydrogen-bond donors (Lipinski definition) is 1. The molecular weight excluding hydrogens is 743 g/mol. The van der Waals surface area contributed by atoms with Crippen molar-refractivity contribution in [2.24, 2.45) is 0 Å². The molecule has 4 heterocycles. The first-order chi connectivity index (χ1) is 27.0. The van der Waals surface area contributed by atoms with E-state index in [0.717, 1.165) is 58.3 Å². The summed E-state index contributed by atoms with van der Waals surface area (Å²) in [7, 11) is 3.44. The van der Waals surface area contributed by atoms with E-state index < -0.39 is 5.60 Å². The van der Waals surface area contributed by atoms with Crippen LogP contribution in [0.15, 0.2) is 111 Å². The summed E-state index contributed by atoms with van der Waals surface area (Å²) in [4.78, 5) is 31.2. The fraction of sp³-hybridized carbons (Fsp3) is 0.341. The summed E-state index contributed by atoms with van der Waals surface area (Å²) in [6, 6.07) is 29.1. The molecule has 3 aromatic carbocycles. The average molecular weight is 792 g/mol. The maximum absolute atomic E-state index is 12.7. The first-order valence-corrected chi connectivity index (χ1v) is 20.5. The lowest BCUT2D eigenvalue weighted by atomic mass is 10.1. The van der Waals surface area contributed by atoms with E-state index in [1.165, 1.54) is 19.6 Å². The van der Waals surface area contributed by atoms with Gasteiger partial charge in [0.05, 0.1) is 37.8 Å². The fourth-order valence-corrected chi connectivity index (χ4v) is 8.82. The highest BCUT2D eigenvalue weighted by molar-refractivity contribution is 8.05. The standard InChI is InChI=1S/C44H49N5O5S2/c1-29-10-16-35(45-27-29)36(18-19-48(5)43(50)54-44(2,3)4)46-31-13-17-38-40(24-31)55-39-9-7-8-34(42(39)56-38)37-25-32(49-20-22-52-23-21-49)26-41(47-37)53-28-30-11-14-33(51-6)15-12-30/h7-17,24-27,36,46H,18-23,28H2,1-6H3. The highest BCUT2D eigenvalue weighted by atomic mass is 32.2. The summed E-state index contributed by atoms with van der Waals surface area (Å²) in [6.45, 7) is 11.6. The van der Waals surface area contributed by atoms with Crippen molar-refractivity contribution >= 4 is 41.0 Å². The van der Waals surface area contributed by atoms with Crippen molar-refractivity contribution in [1.29, 1.82) is 0 Å². The second-order valence-corrected chi connectivity index (χ2v) is 17.1. The van der Waals surface area contributed by atoms with Gasteiger partial charge in [0.2, 0.25) is 5.88 Å². The Kier molecular flexibility index (Phi) is 12.3. The summed E-state index contributed by atoms with van der Waals surface area (Å²) in [5.74, 6) is 1.39. The minimum atomic E-state index is -0.557. The molecule has 0 bridgehead atoms. The number of carbonyl (C=O) groups excluding carboxylic acids is 1. The van der Waals surface area contributed by atoms with E-state index in [1.54, 1.807) is 42.6 Å². The van der Waals surface area contributed by atoms with Gasteiger partial charge in [-0.3, -0.25) is 4.98 Å². The zero-order valence-corrected chi connectivity index (χ0v) is 34.5. The molecule has 2 aromatic heterocycles. The first kappa shape index (κ1) is 39.3. The van der Waals surface area contributed by atoms with Gasteiger partial charge >= 0.3 is 6.09 Å². The third kappa shape index (κ3) is 9.90. The Hall–Kier alpha value is -4.91. The molecule has 0 radical (unpaired) electrons. The lowest BCUT2D eigenvalue weighted by Gasteiger charge is -2.29. The van der Waals surface area contributed by atoms with E-state index in [4.69, 9.17) is 28.9 Å². The summed E-state index contributed by atoms with van der Waals surface area (Å²) < 4.78 is 22.9. The highest BCUT2D eigenvalue weighted by Gasteiger charge is 2.25. The molecule has 1 amide bonds. The van der Waals surface area contributed by atoms with Gasteiger partial charge in [0.25, 0.3) is 0 Å². The van der Waals surface area contributed by atoms with Crippen molar-refractivity contribution in [3.63, 3.8) is 0 Å². The van der Waals surface area contributed by atoms with Crippen LogP contribution in [0.5, 0.6) is 11.6 Å². The van der Waals surface area contributed by atoms with Crippen LogP contribution in [0, 0.1) is 6.92 Å². The molecule has 2 aliphatic rings. The van der Waals surface area contributed by atoms with Gasteiger partial charge in [-0.25, -0.2) is 9.78 Å². The molecule has 1 N–H and O–H groups in total. The van der Waals surface area contributed by atoms with Gasteiger partial charge in [0.15, 0.2) is 0 Å². The molecule has 292 valence electrons. The molecule has 1 saturated heterocycles. The van der Waals surface area contributed by atoms with Gasteiger partial charge in [-0.2, -0.15) is 0 Å².